The first kappa shape index (κ1) is 21.0. The van der Waals surface area contributed by atoms with Crippen molar-refractivity contribution in [3.63, 3.8) is 0 Å². The molecule has 2 N–H and O–H groups in total. The first-order valence-corrected chi connectivity index (χ1v) is 10.4. The van der Waals surface area contributed by atoms with Gasteiger partial charge >= 0.3 is 0 Å². The summed E-state index contributed by atoms with van der Waals surface area (Å²) in [7, 11) is 3.47. The Labute approximate surface area is 172 Å². The van der Waals surface area contributed by atoms with Crippen molar-refractivity contribution in [1.82, 2.24) is 25.4 Å². The highest BCUT2D eigenvalue weighted by Crippen LogP contribution is 2.29. The molecule has 0 amide bonds. The number of benzene rings is 1. The predicted octanol–water partition coefficient (Wildman–Crippen LogP) is 2.75. The summed E-state index contributed by atoms with van der Waals surface area (Å²) in [6.07, 6.45) is 10.6. The molecule has 1 aliphatic rings. The van der Waals surface area contributed by atoms with Crippen LogP contribution in [0.3, 0.4) is 0 Å². The van der Waals surface area contributed by atoms with Gasteiger partial charge < -0.3 is 24.7 Å². The van der Waals surface area contributed by atoms with E-state index >= 15 is 0 Å². The molecular formula is C21H32N6O2. The number of methoxy groups -OCH3 is 1. The Morgan fingerprint density at radius 2 is 1.97 bits per heavy atom. The number of rotatable bonds is 10. The van der Waals surface area contributed by atoms with Crippen LogP contribution >= 0.6 is 0 Å². The number of unbranched alkanes of at least 4 members (excludes halogenated alkanes) is 1. The quantitative estimate of drug-likeness (QED) is 0.362. The summed E-state index contributed by atoms with van der Waals surface area (Å²) < 4.78 is 13.6. The third-order valence-corrected chi connectivity index (χ3v) is 5.14. The molecule has 1 aromatic heterocycles. The Morgan fingerprint density at radius 1 is 1.17 bits per heavy atom. The molecular weight excluding hydrogens is 368 g/mol. The molecule has 1 saturated carbocycles. The van der Waals surface area contributed by atoms with Gasteiger partial charge in [0, 0.05) is 38.3 Å². The summed E-state index contributed by atoms with van der Waals surface area (Å²) in [5, 5.41) is 14.4. The second kappa shape index (κ2) is 11.3. The van der Waals surface area contributed by atoms with E-state index in [9.17, 15) is 0 Å². The molecule has 29 heavy (non-hydrogen) atoms. The van der Waals surface area contributed by atoms with E-state index in [1.54, 1.807) is 26.8 Å². The van der Waals surface area contributed by atoms with Crippen LogP contribution in [-0.2, 0) is 13.1 Å². The van der Waals surface area contributed by atoms with Crippen LogP contribution in [0, 0.1) is 0 Å². The summed E-state index contributed by atoms with van der Waals surface area (Å²) in [6, 6.07) is 6.01. The lowest BCUT2D eigenvalue weighted by Crippen LogP contribution is -2.37. The summed E-state index contributed by atoms with van der Waals surface area (Å²) in [5.74, 6) is 2.50. The van der Waals surface area contributed by atoms with Crippen molar-refractivity contribution in [3.8, 4) is 11.5 Å². The molecule has 8 nitrogen and oxygen atoms in total. The summed E-state index contributed by atoms with van der Waals surface area (Å²) >= 11 is 0. The molecule has 158 valence electrons. The average Bonchev–Trinajstić information content (AvgIpc) is 3.45. The van der Waals surface area contributed by atoms with Gasteiger partial charge in [-0.05, 0) is 50.7 Å². The second-order valence-corrected chi connectivity index (χ2v) is 7.26. The lowest BCUT2D eigenvalue weighted by atomic mass is 10.2. The highest BCUT2D eigenvalue weighted by Gasteiger charge is 2.18. The van der Waals surface area contributed by atoms with E-state index in [0.29, 0.717) is 12.6 Å². The molecule has 0 atom stereocenters. The number of hydrogen-bond donors (Lipinski definition) is 2. The fourth-order valence-electron chi connectivity index (χ4n) is 3.47. The molecule has 2 aromatic rings. The minimum Gasteiger partial charge on any atom is -0.497 e. The van der Waals surface area contributed by atoms with Gasteiger partial charge in [-0.1, -0.05) is 0 Å². The van der Waals surface area contributed by atoms with Crippen molar-refractivity contribution in [1.29, 1.82) is 0 Å². The smallest absolute Gasteiger partial charge is 0.191 e. The molecule has 0 spiro atoms. The van der Waals surface area contributed by atoms with Crippen molar-refractivity contribution in [3.05, 3.63) is 36.4 Å². The zero-order valence-corrected chi connectivity index (χ0v) is 17.4. The molecule has 1 aromatic carbocycles. The number of guanidine groups is 1. The summed E-state index contributed by atoms with van der Waals surface area (Å²) in [6.45, 7) is 2.43. The molecule has 1 aliphatic carbocycles. The summed E-state index contributed by atoms with van der Waals surface area (Å²) in [4.78, 5) is 4.32. The molecule has 1 heterocycles. The number of nitrogens with zero attached hydrogens (tertiary/aromatic N) is 4. The van der Waals surface area contributed by atoms with E-state index in [1.807, 2.05) is 16.7 Å². The van der Waals surface area contributed by atoms with Gasteiger partial charge in [-0.3, -0.25) is 4.99 Å². The zero-order valence-electron chi connectivity index (χ0n) is 17.4. The van der Waals surface area contributed by atoms with Gasteiger partial charge in [0.1, 0.15) is 24.2 Å². The standard InChI is InChI=1S/C21H32N6O2/c1-22-21(23-11-5-6-12-27-15-25-26-16-27)24-14-17-9-10-19(28-2)13-20(17)29-18-7-3-4-8-18/h9-10,13,15-16,18H,3-8,11-12,14H2,1-2H3,(H2,22,23,24). The van der Waals surface area contributed by atoms with Crippen LogP contribution in [0.15, 0.2) is 35.8 Å². The van der Waals surface area contributed by atoms with Crippen LogP contribution < -0.4 is 20.1 Å². The fraction of sp³-hybridized carbons (Fsp3) is 0.571. The Kier molecular flexibility index (Phi) is 8.15. The van der Waals surface area contributed by atoms with Gasteiger partial charge in [0.2, 0.25) is 0 Å². The zero-order chi connectivity index (χ0) is 20.3. The second-order valence-electron chi connectivity index (χ2n) is 7.26. The number of nitrogens with one attached hydrogen (secondary N) is 2. The predicted molar refractivity (Wildman–Crippen MR) is 113 cm³/mol. The van der Waals surface area contributed by atoms with E-state index in [-0.39, 0.29) is 0 Å². The Hall–Kier alpha value is -2.77. The third kappa shape index (κ3) is 6.66. The Bertz CT molecular complexity index is 757. The highest BCUT2D eigenvalue weighted by molar-refractivity contribution is 5.79. The van der Waals surface area contributed by atoms with Gasteiger partial charge in [0.15, 0.2) is 5.96 Å². The largest absolute Gasteiger partial charge is 0.497 e. The molecule has 1 fully saturated rings. The van der Waals surface area contributed by atoms with Crippen LogP contribution in [0.2, 0.25) is 0 Å². The maximum absolute atomic E-state index is 6.27. The van der Waals surface area contributed by atoms with Crippen LogP contribution in [0.4, 0.5) is 0 Å². The number of hydrogen-bond acceptors (Lipinski definition) is 5. The monoisotopic (exact) mass is 400 g/mol. The van der Waals surface area contributed by atoms with Crippen molar-refractivity contribution in [2.45, 2.75) is 57.7 Å². The highest BCUT2D eigenvalue weighted by atomic mass is 16.5. The SMILES string of the molecule is CN=C(NCCCCn1cnnc1)NCc1ccc(OC)cc1OC1CCCC1. The Balaban J connectivity index is 1.46. The molecule has 0 radical (unpaired) electrons. The van der Waals surface area contributed by atoms with E-state index in [0.717, 1.165) is 61.8 Å². The first-order valence-electron chi connectivity index (χ1n) is 10.4. The van der Waals surface area contributed by atoms with Crippen molar-refractivity contribution < 1.29 is 9.47 Å². The van der Waals surface area contributed by atoms with Gasteiger partial charge in [-0.15, -0.1) is 10.2 Å². The average molecular weight is 401 g/mol. The maximum atomic E-state index is 6.27. The molecule has 0 aliphatic heterocycles. The fourth-order valence-corrected chi connectivity index (χ4v) is 3.47. The normalized spacial score (nSPS) is 14.8. The molecule has 0 unspecified atom stereocenters. The molecule has 8 heteroatoms. The van der Waals surface area contributed by atoms with Crippen LogP contribution in [-0.4, -0.2) is 47.5 Å². The van der Waals surface area contributed by atoms with Crippen molar-refractivity contribution in [2.24, 2.45) is 4.99 Å². The van der Waals surface area contributed by atoms with Crippen LogP contribution in [0.5, 0.6) is 11.5 Å². The van der Waals surface area contributed by atoms with E-state index < -0.39 is 0 Å². The van der Waals surface area contributed by atoms with E-state index in [4.69, 9.17) is 9.47 Å². The lowest BCUT2D eigenvalue weighted by molar-refractivity contribution is 0.207. The van der Waals surface area contributed by atoms with Crippen LogP contribution in [0.25, 0.3) is 0 Å². The van der Waals surface area contributed by atoms with Gasteiger partial charge in [0.25, 0.3) is 0 Å². The Morgan fingerprint density at radius 3 is 2.69 bits per heavy atom. The molecule has 0 bridgehead atoms. The van der Waals surface area contributed by atoms with Gasteiger partial charge in [-0.25, -0.2) is 0 Å². The minimum atomic E-state index is 0.309. The van der Waals surface area contributed by atoms with Crippen molar-refractivity contribution >= 4 is 5.96 Å². The topological polar surface area (TPSA) is 85.6 Å². The number of aliphatic imine (C=N–C) groups is 1. The maximum Gasteiger partial charge on any atom is 0.191 e. The first-order chi connectivity index (χ1) is 14.3. The third-order valence-electron chi connectivity index (χ3n) is 5.14. The van der Waals surface area contributed by atoms with Gasteiger partial charge in [-0.2, -0.15) is 0 Å². The molecule has 3 rings (SSSR count). The lowest BCUT2D eigenvalue weighted by Gasteiger charge is -2.19. The minimum absolute atomic E-state index is 0.309. The van der Waals surface area contributed by atoms with Crippen molar-refractivity contribution in [2.75, 3.05) is 20.7 Å². The van der Waals surface area contributed by atoms with Crippen LogP contribution in [0.1, 0.15) is 44.1 Å². The summed E-state index contributed by atoms with van der Waals surface area (Å²) in [5.41, 5.74) is 1.10. The van der Waals surface area contributed by atoms with E-state index in [2.05, 4.69) is 31.9 Å². The number of aromatic nitrogens is 3. The van der Waals surface area contributed by atoms with E-state index in [1.165, 1.54) is 12.8 Å². The van der Waals surface area contributed by atoms with Gasteiger partial charge in [0.05, 0.1) is 13.2 Å². The number of aryl methyl sites for hydroxylation is 1. The molecule has 0 saturated heterocycles. The number of ether oxygens (including phenoxy) is 2.